The van der Waals surface area contributed by atoms with E-state index in [1.807, 2.05) is 51.1 Å². The van der Waals surface area contributed by atoms with Crippen molar-refractivity contribution in [3.63, 3.8) is 0 Å². The maximum Gasteiger partial charge on any atom is 0.338 e. The Hall–Kier alpha value is -2.70. The molecule has 120 valence electrons. The summed E-state index contributed by atoms with van der Waals surface area (Å²) in [6, 6.07) is 9.38. The van der Waals surface area contributed by atoms with Crippen LogP contribution in [0.2, 0.25) is 0 Å². The molecule has 0 saturated heterocycles. The van der Waals surface area contributed by atoms with Crippen molar-refractivity contribution in [2.75, 3.05) is 11.9 Å². The number of benzene rings is 1. The van der Waals surface area contributed by atoms with E-state index in [-0.39, 0.29) is 17.9 Å². The second-order valence-corrected chi connectivity index (χ2v) is 5.89. The molecule has 0 amide bonds. The zero-order valence-electron chi connectivity index (χ0n) is 13.4. The molecule has 0 aliphatic carbocycles. The van der Waals surface area contributed by atoms with Gasteiger partial charge >= 0.3 is 5.97 Å². The maximum atomic E-state index is 12.6. The van der Waals surface area contributed by atoms with Crippen LogP contribution in [0.3, 0.4) is 0 Å². The first-order chi connectivity index (χ1) is 11.1. The van der Waals surface area contributed by atoms with E-state index < -0.39 is 0 Å². The van der Waals surface area contributed by atoms with Crippen LogP contribution >= 0.6 is 0 Å². The number of nitrogens with one attached hydrogen (secondary N) is 1. The number of nitrogens with zero attached hydrogens (tertiary/aromatic N) is 4. The van der Waals surface area contributed by atoms with Crippen LogP contribution < -0.4 is 5.32 Å². The van der Waals surface area contributed by atoms with Gasteiger partial charge in [-0.1, -0.05) is 49.3 Å². The molecule has 1 atom stereocenters. The minimum Gasteiger partial charge on any atom is -0.462 e. The summed E-state index contributed by atoms with van der Waals surface area (Å²) in [4.78, 5) is 12.6. The van der Waals surface area contributed by atoms with E-state index in [4.69, 9.17) is 4.74 Å². The molecule has 0 saturated carbocycles. The smallest absolute Gasteiger partial charge is 0.338 e. The highest BCUT2D eigenvalue weighted by Crippen LogP contribution is 2.34. The lowest BCUT2D eigenvalue weighted by molar-refractivity contribution is -0.140. The van der Waals surface area contributed by atoms with Gasteiger partial charge in [-0.15, -0.1) is 0 Å². The van der Waals surface area contributed by atoms with Crippen molar-refractivity contribution in [2.24, 2.45) is 5.92 Å². The van der Waals surface area contributed by atoms with E-state index in [1.54, 1.807) is 0 Å². The zero-order chi connectivity index (χ0) is 16.4. The molecule has 0 radical (unpaired) electrons. The molecule has 0 spiro atoms. The summed E-state index contributed by atoms with van der Waals surface area (Å²) in [5.41, 5.74) is 2.15. The molecule has 1 aliphatic heterocycles. The first kappa shape index (κ1) is 15.2. The lowest BCUT2D eigenvalue weighted by Gasteiger charge is -2.27. The summed E-state index contributed by atoms with van der Waals surface area (Å²) >= 11 is 0. The van der Waals surface area contributed by atoms with Crippen molar-refractivity contribution < 1.29 is 9.53 Å². The fourth-order valence-electron chi connectivity index (χ4n) is 2.51. The van der Waals surface area contributed by atoms with Gasteiger partial charge in [0.15, 0.2) is 0 Å². The molecule has 1 N–H and O–H groups in total. The van der Waals surface area contributed by atoms with Crippen LogP contribution in [0, 0.1) is 5.92 Å². The number of ether oxygens (including phenoxy) is 1. The van der Waals surface area contributed by atoms with E-state index in [1.165, 1.54) is 4.68 Å². The van der Waals surface area contributed by atoms with Crippen molar-refractivity contribution in [1.29, 1.82) is 0 Å². The van der Waals surface area contributed by atoms with Gasteiger partial charge in [-0.3, -0.25) is 0 Å². The zero-order valence-corrected chi connectivity index (χ0v) is 13.4. The molecule has 2 aromatic rings. The fourth-order valence-corrected chi connectivity index (χ4v) is 2.51. The Balaban J connectivity index is 2.01. The number of aromatic nitrogens is 4. The predicted octanol–water partition coefficient (Wildman–Crippen LogP) is 2.27. The molecule has 1 aromatic carbocycles. The van der Waals surface area contributed by atoms with Crippen LogP contribution in [0.25, 0.3) is 5.70 Å². The van der Waals surface area contributed by atoms with Gasteiger partial charge in [-0.2, -0.15) is 4.68 Å². The SMILES string of the molecule is CC1=C(C(=O)OCC(C)C)C(c2ccccc2)Nc2nnnn21. The van der Waals surface area contributed by atoms with Gasteiger partial charge in [-0.25, -0.2) is 4.79 Å². The topological polar surface area (TPSA) is 81.9 Å². The third-order valence-corrected chi connectivity index (χ3v) is 3.64. The summed E-state index contributed by atoms with van der Waals surface area (Å²) in [5.74, 6) is 0.436. The van der Waals surface area contributed by atoms with E-state index in [2.05, 4.69) is 20.8 Å². The van der Waals surface area contributed by atoms with Crippen LogP contribution in [0.15, 0.2) is 35.9 Å². The summed E-state index contributed by atoms with van der Waals surface area (Å²) < 4.78 is 6.96. The molecule has 1 aromatic heterocycles. The van der Waals surface area contributed by atoms with Crippen LogP contribution in [-0.4, -0.2) is 32.8 Å². The Morgan fingerprint density at radius 3 is 2.78 bits per heavy atom. The standard InChI is InChI=1S/C16H19N5O2/c1-10(2)9-23-15(22)13-11(3)21-16(18-19-20-21)17-14(13)12-7-5-4-6-8-12/h4-8,10,14H,9H2,1-3H3,(H,17,18,20). The Kier molecular flexibility index (Phi) is 4.10. The number of esters is 1. The highest BCUT2D eigenvalue weighted by molar-refractivity contribution is 5.97. The number of carbonyl (C=O) groups is 1. The number of carbonyl (C=O) groups excluding carboxylic acids is 1. The number of anilines is 1. The predicted molar refractivity (Wildman–Crippen MR) is 85.3 cm³/mol. The lowest BCUT2D eigenvalue weighted by atomic mass is 9.96. The van der Waals surface area contributed by atoms with E-state index in [9.17, 15) is 4.79 Å². The van der Waals surface area contributed by atoms with Gasteiger partial charge in [0.2, 0.25) is 5.95 Å². The Morgan fingerprint density at radius 2 is 2.09 bits per heavy atom. The van der Waals surface area contributed by atoms with Crippen molar-refractivity contribution in [3.05, 3.63) is 41.5 Å². The first-order valence-electron chi connectivity index (χ1n) is 7.56. The quantitative estimate of drug-likeness (QED) is 0.872. The van der Waals surface area contributed by atoms with Crippen LogP contribution in [0.1, 0.15) is 32.4 Å². The minimum atomic E-state index is -0.348. The summed E-state index contributed by atoms with van der Waals surface area (Å²) in [6.45, 7) is 6.20. The van der Waals surface area contributed by atoms with Crippen LogP contribution in [0.4, 0.5) is 5.95 Å². The Morgan fingerprint density at radius 1 is 1.35 bits per heavy atom. The number of tetrazole rings is 1. The number of hydrogen-bond donors (Lipinski definition) is 1. The molecule has 1 aliphatic rings. The second kappa shape index (κ2) is 6.20. The van der Waals surface area contributed by atoms with Crippen molar-refractivity contribution in [3.8, 4) is 0 Å². The van der Waals surface area contributed by atoms with Crippen molar-refractivity contribution in [2.45, 2.75) is 26.8 Å². The Bertz CT molecular complexity index is 736. The number of rotatable bonds is 4. The number of hydrogen-bond acceptors (Lipinski definition) is 6. The number of fused-ring (bicyclic) bond motifs is 1. The number of allylic oxidation sites excluding steroid dienone is 1. The van der Waals surface area contributed by atoms with Gasteiger partial charge < -0.3 is 10.1 Å². The molecular weight excluding hydrogens is 294 g/mol. The molecular formula is C16H19N5O2. The van der Waals surface area contributed by atoms with Gasteiger partial charge in [0, 0.05) is 0 Å². The molecule has 0 fully saturated rings. The monoisotopic (exact) mass is 313 g/mol. The van der Waals surface area contributed by atoms with Crippen molar-refractivity contribution >= 4 is 17.6 Å². The molecule has 23 heavy (non-hydrogen) atoms. The normalized spacial score (nSPS) is 17.0. The largest absolute Gasteiger partial charge is 0.462 e. The molecule has 3 rings (SSSR count). The summed E-state index contributed by atoms with van der Waals surface area (Å²) in [7, 11) is 0. The van der Waals surface area contributed by atoms with Crippen molar-refractivity contribution in [1.82, 2.24) is 20.2 Å². The Labute approximate surface area is 134 Å². The van der Waals surface area contributed by atoms with Crippen LogP contribution in [-0.2, 0) is 9.53 Å². The molecule has 0 bridgehead atoms. The third-order valence-electron chi connectivity index (χ3n) is 3.64. The minimum absolute atomic E-state index is 0.273. The van der Waals surface area contributed by atoms with E-state index >= 15 is 0 Å². The molecule has 7 heteroatoms. The highest BCUT2D eigenvalue weighted by Gasteiger charge is 2.33. The lowest BCUT2D eigenvalue weighted by Crippen LogP contribution is -2.29. The average molecular weight is 313 g/mol. The summed E-state index contributed by atoms with van der Waals surface area (Å²) in [6.07, 6.45) is 0. The van der Waals surface area contributed by atoms with E-state index in [0.29, 0.717) is 23.8 Å². The van der Waals surface area contributed by atoms with Crippen LogP contribution in [0.5, 0.6) is 0 Å². The first-order valence-corrected chi connectivity index (χ1v) is 7.56. The third kappa shape index (κ3) is 2.94. The van der Waals surface area contributed by atoms with Gasteiger partial charge in [-0.05, 0) is 28.8 Å². The van der Waals surface area contributed by atoms with Gasteiger partial charge in [0.1, 0.15) is 0 Å². The maximum absolute atomic E-state index is 12.6. The molecule has 2 heterocycles. The highest BCUT2D eigenvalue weighted by atomic mass is 16.5. The van der Waals surface area contributed by atoms with Gasteiger partial charge in [0.05, 0.1) is 23.9 Å². The molecule has 1 unspecified atom stereocenters. The van der Waals surface area contributed by atoms with E-state index in [0.717, 1.165) is 5.56 Å². The average Bonchev–Trinajstić information content (AvgIpc) is 3.02. The second-order valence-electron chi connectivity index (χ2n) is 5.89. The fraction of sp³-hybridized carbons (Fsp3) is 0.375. The molecule has 7 nitrogen and oxygen atoms in total. The summed E-state index contributed by atoms with van der Waals surface area (Å²) in [5, 5.41) is 14.8. The van der Waals surface area contributed by atoms with Gasteiger partial charge in [0.25, 0.3) is 0 Å².